The molecule has 2 nitrogen and oxygen atoms in total. The van der Waals surface area contributed by atoms with Crippen LogP contribution in [0.25, 0.3) is 0 Å². The molecule has 2 heteroatoms. The molecule has 0 radical (unpaired) electrons. The molecule has 0 spiro atoms. The molecule has 21 heavy (non-hydrogen) atoms. The number of fused-ring (bicyclic) bond motifs is 5. The summed E-state index contributed by atoms with van der Waals surface area (Å²) in [4.78, 5) is 24.4. The summed E-state index contributed by atoms with van der Waals surface area (Å²) in [5, 5.41) is 0. The summed E-state index contributed by atoms with van der Waals surface area (Å²) in [5.41, 5.74) is 1.06. The van der Waals surface area contributed by atoms with Gasteiger partial charge in [0.05, 0.1) is 0 Å². The molecule has 0 aliphatic heterocycles. The number of allylic oxidation sites excluding steroid dienone is 4. The molecular weight excluding hydrogens is 260 g/mol. The minimum Gasteiger partial charge on any atom is -0.295 e. The first-order chi connectivity index (χ1) is 9.94. The molecule has 5 atom stereocenters. The molecule has 0 N–H and O–H groups in total. The lowest BCUT2D eigenvalue weighted by Crippen LogP contribution is -2.50. The van der Waals surface area contributed by atoms with Crippen molar-refractivity contribution in [3.05, 3.63) is 23.8 Å². The van der Waals surface area contributed by atoms with Gasteiger partial charge in [-0.2, -0.15) is 0 Å². The van der Waals surface area contributed by atoms with Gasteiger partial charge < -0.3 is 0 Å². The predicted molar refractivity (Wildman–Crippen MR) is 81.6 cm³/mol. The molecule has 0 bridgehead atoms. The summed E-state index contributed by atoms with van der Waals surface area (Å²) in [6.07, 6.45) is 12.5. The van der Waals surface area contributed by atoms with E-state index in [9.17, 15) is 9.59 Å². The van der Waals surface area contributed by atoms with Crippen molar-refractivity contribution in [1.82, 2.24) is 0 Å². The normalized spacial score (nSPS) is 48.5. The van der Waals surface area contributed by atoms with Gasteiger partial charge >= 0.3 is 0 Å². The molecule has 3 saturated carbocycles. The van der Waals surface area contributed by atoms with Gasteiger partial charge in [-0.15, -0.1) is 0 Å². The Labute approximate surface area is 126 Å². The second-order valence-corrected chi connectivity index (χ2v) is 8.17. The smallest absolute Gasteiger partial charge is 0.178 e. The molecule has 0 aromatic rings. The Bertz CT molecular complexity index is 584. The SMILES string of the molecule is CC12CCCC1C1CC(=O)C3=CC(=O)C=CC3(C)C1CC2. The summed E-state index contributed by atoms with van der Waals surface area (Å²) < 4.78 is 0. The molecule has 3 fully saturated rings. The van der Waals surface area contributed by atoms with Crippen molar-refractivity contribution < 1.29 is 9.59 Å². The molecule has 112 valence electrons. The maximum Gasteiger partial charge on any atom is 0.178 e. The summed E-state index contributed by atoms with van der Waals surface area (Å²) >= 11 is 0. The number of rotatable bonds is 0. The number of hydrogen-bond donors (Lipinski definition) is 0. The van der Waals surface area contributed by atoms with Gasteiger partial charge in [0.1, 0.15) is 0 Å². The summed E-state index contributed by atoms with van der Waals surface area (Å²) in [6, 6.07) is 0. The van der Waals surface area contributed by atoms with Gasteiger partial charge in [0, 0.05) is 17.4 Å². The van der Waals surface area contributed by atoms with Crippen molar-refractivity contribution >= 4 is 11.6 Å². The summed E-state index contributed by atoms with van der Waals surface area (Å²) in [5.74, 6) is 1.99. The fourth-order valence-electron chi connectivity index (χ4n) is 6.03. The molecule has 0 aromatic heterocycles. The highest BCUT2D eigenvalue weighted by molar-refractivity contribution is 6.10. The number of carbonyl (C=O) groups excluding carboxylic acids is 2. The number of ketones is 2. The Morgan fingerprint density at radius 3 is 2.71 bits per heavy atom. The monoisotopic (exact) mass is 284 g/mol. The van der Waals surface area contributed by atoms with Crippen molar-refractivity contribution in [2.75, 3.05) is 0 Å². The van der Waals surface area contributed by atoms with E-state index in [-0.39, 0.29) is 17.0 Å². The van der Waals surface area contributed by atoms with E-state index in [1.165, 1.54) is 32.1 Å². The molecule has 0 heterocycles. The van der Waals surface area contributed by atoms with Crippen LogP contribution in [0.3, 0.4) is 0 Å². The minimum atomic E-state index is -0.197. The van der Waals surface area contributed by atoms with Crippen LogP contribution in [0.4, 0.5) is 0 Å². The van der Waals surface area contributed by atoms with E-state index in [1.807, 2.05) is 6.08 Å². The third-order valence-electron chi connectivity index (χ3n) is 7.17. The standard InChI is InChI=1S/C19H24O2/c1-18-7-3-4-14(18)13-11-17(21)16-10-12(20)5-9-19(16,2)15(13)6-8-18/h5,9-10,13-15H,3-4,6-8,11H2,1-2H3. The summed E-state index contributed by atoms with van der Waals surface area (Å²) in [7, 11) is 0. The maximum atomic E-state index is 12.7. The Kier molecular flexibility index (Phi) is 2.68. The van der Waals surface area contributed by atoms with Crippen LogP contribution in [0.15, 0.2) is 23.8 Å². The molecule has 0 amide bonds. The van der Waals surface area contributed by atoms with Crippen LogP contribution in [0, 0.1) is 28.6 Å². The van der Waals surface area contributed by atoms with Crippen LogP contribution >= 0.6 is 0 Å². The first-order valence-corrected chi connectivity index (χ1v) is 8.43. The number of hydrogen-bond acceptors (Lipinski definition) is 2. The van der Waals surface area contributed by atoms with Gasteiger partial charge in [0.25, 0.3) is 0 Å². The van der Waals surface area contributed by atoms with Gasteiger partial charge in [0.15, 0.2) is 11.6 Å². The van der Waals surface area contributed by atoms with E-state index in [1.54, 1.807) is 12.2 Å². The van der Waals surface area contributed by atoms with E-state index in [0.717, 1.165) is 5.57 Å². The van der Waals surface area contributed by atoms with Crippen LogP contribution in [0.2, 0.25) is 0 Å². The fourth-order valence-corrected chi connectivity index (χ4v) is 6.03. The number of Topliss-reactive ketones (excluding diaryl/α,β-unsaturated/α-hetero) is 1. The van der Waals surface area contributed by atoms with E-state index >= 15 is 0 Å². The van der Waals surface area contributed by atoms with Crippen molar-refractivity contribution in [1.29, 1.82) is 0 Å². The third-order valence-corrected chi connectivity index (χ3v) is 7.17. The lowest BCUT2D eigenvalue weighted by atomic mass is 9.48. The van der Waals surface area contributed by atoms with Gasteiger partial charge in [-0.3, -0.25) is 9.59 Å². The first-order valence-electron chi connectivity index (χ1n) is 8.43. The second kappa shape index (κ2) is 4.18. The Morgan fingerprint density at radius 2 is 1.90 bits per heavy atom. The van der Waals surface area contributed by atoms with Crippen LogP contribution in [-0.4, -0.2) is 11.6 Å². The molecule has 5 unspecified atom stereocenters. The van der Waals surface area contributed by atoms with E-state index in [2.05, 4.69) is 13.8 Å². The fraction of sp³-hybridized carbons (Fsp3) is 0.684. The van der Waals surface area contributed by atoms with Crippen molar-refractivity contribution in [2.24, 2.45) is 28.6 Å². The van der Waals surface area contributed by atoms with Crippen molar-refractivity contribution in [3.63, 3.8) is 0 Å². The van der Waals surface area contributed by atoms with Crippen LogP contribution in [0.5, 0.6) is 0 Å². The van der Waals surface area contributed by atoms with Gasteiger partial charge in [-0.05, 0) is 61.0 Å². The lowest BCUT2D eigenvalue weighted by molar-refractivity contribution is -0.126. The average molecular weight is 284 g/mol. The van der Waals surface area contributed by atoms with Crippen LogP contribution in [0.1, 0.15) is 52.4 Å². The molecule has 0 aromatic carbocycles. The highest BCUT2D eigenvalue weighted by Crippen LogP contribution is 2.63. The van der Waals surface area contributed by atoms with Crippen LogP contribution in [-0.2, 0) is 9.59 Å². The maximum absolute atomic E-state index is 12.7. The largest absolute Gasteiger partial charge is 0.295 e. The molecular formula is C19H24O2. The van der Waals surface area contributed by atoms with Crippen molar-refractivity contribution in [2.45, 2.75) is 52.4 Å². The second-order valence-electron chi connectivity index (χ2n) is 8.17. The van der Waals surface area contributed by atoms with E-state index in [0.29, 0.717) is 29.6 Å². The predicted octanol–water partition coefficient (Wildman–Crippen LogP) is 3.86. The quantitative estimate of drug-likeness (QED) is 0.677. The van der Waals surface area contributed by atoms with Gasteiger partial charge in [0.2, 0.25) is 0 Å². The van der Waals surface area contributed by atoms with E-state index in [4.69, 9.17) is 0 Å². The van der Waals surface area contributed by atoms with Gasteiger partial charge in [-0.1, -0.05) is 26.3 Å². The zero-order valence-corrected chi connectivity index (χ0v) is 13.0. The molecule has 4 aliphatic rings. The van der Waals surface area contributed by atoms with E-state index < -0.39 is 0 Å². The third kappa shape index (κ3) is 1.71. The Hall–Kier alpha value is -1.18. The zero-order valence-electron chi connectivity index (χ0n) is 13.0. The number of carbonyl (C=O) groups is 2. The highest BCUT2D eigenvalue weighted by Gasteiger charge is 2.57. The molecule has 0 saturated heterocycles. The molecule has 4 rings (SSSR count). The lowest BCUT2D eigenvalue weighted by Gasteiger charge is -2.55. The average Bonchev–Trinajstić information content (AvgIpc) is 2.83. The van der Waals surface area contributed by atoms with Gasteiger partial charge in [-0.25, -0.2) is 0 Å². The van der Waals surface area contributed by atoms with Crippen molar-refractivity contribution in [3.8, 4) is 0 Å². The highest BCUT2D eigenvalue weighted by atomic mass is 16.1. The zero-order chi connectivity index (χ0) is 14.8. The topological polar surface area (TPSA) is 34.1 Å². The molecule has 4 aliphatic carbocycles. The Morgan fingerprint density at radius 1 is 1.10 bits per heavy atom. The first kappa shape index (κ1) is 13.5. The Balaban J connectivity index is 1.77. The summed E-state index contributed by atoms with van der Waals surface area (Å²) in [6.45, 7) is 4.63. The minimum absolute atomic E-state index is 0.0178. The van der Waals surface area contributed by atoms with Crippen LogP contribution < -0.4 is 0 Å².